The van der Waals surface area contributed by atoms with Crippen molar-refractivity contribution in [3.63, 3.8) is 0 Å². The van der Waals surface area contributed by atoms with Gasteiger partial charge in [0.05, 0.1) is 43.1 Å². The van der Waals surface area contributed by atoms with Crippen molar-refractivity contribution in [3.8, 4) is 0 Å². The number of nitrogens with zero attached hydrogens (tertiary/aromatic N) is 4. The second-order valence-electron chi connectivity index (χ2n) is 15.0. The second-order valence-corrected chi connectivity index (χ2v) is 15.0. The van der Waals surface area contributed by atoms with Crippen LogP contribution in [0.5, 0.6) is 0 Å². The SMILES string of the molecule is CC(C)N(C[C@H]1O[C@@H](N2CNC3C(N)NCNC32)[C@H](O)[C@@H]1O)C1CC(CCC2N3CN2c2cc(C4(C)CCC4)ccc23)C1. The van der Waals surface area contributed by atoms with Crippen molar-refractivity contribution in [2.24, 2.45) is 11.7 Å². The van der Waals surface area contributed by atoms with E-state index in [0.717, 1.165) is 12.6 Å². The van der Waals surface area contributed by atoms with Crippen LogP contribution in [0.3, 0.4) is 0 Å². The Labute approximate surface area is 256 Å². The van der Waals surface area contributed by atoms with Crippen molar-refractivity contribution >= 4 is 11.4 Å². The Balaban J connectivity index is 0.837. The first-order valence-electron chi connectivity index (χ1n) is 16.9. The standard InChI is InChI=1S/C32H52N8O3/c1-18(2)37(14-24-27(41)28(42)31(43-24)38-16-36-26-29(33)34-15-35-30(26)38)21-11-19(12-21)5-8-25-39-17-40(25)23-13-20(6-7-22(23)39)32(3)9-4-10-32/h6-7,13,18-19,21,24-31,34-36,41-42H,4-5,8-12,14-17,33H2,1-3H3/t19?,21?,24-,25?,26?,27-,28-,29?,30?,31-/m1/s1. The summed E-state index contributed by atoms with van der Waals surface area (Å²) in [6.07, 6.45) is 6.34. The average molecular weight is 597 g/mol. The number of rotatable bonds is 9. The van der Waals surface area contributed by atoms with Gasteiger partial charge in [-0.2, -0.15) is 0 Å². The van der Waals surface area contributed by atoms with E-state index in [9.17, 15) is 10.2 Å². The second kappa shape index (κ2) is 10.8. The fourth-order valence-electron chi connectivity index (χ4n) is 9.16. The molecule has 4 unspecified atom stereocenters. The minimum absolute atomic E-state index is 0.0194. The van der Waals surface area contributed by atoms with Gasteiger partial charge in [0.1, 0.15) is 30.7 Å². The van der Waals surface area contributed by atoms with Crippen molar-refractivity contribution in [1.29, 1.82) is 0 Å². The lowest BCUT2D eigenvalue weighted by Crippen LogP contribution is -2.68. The molecule has 238 valence electrons. The van der Waals surface area contributed by atoms with Crippen molar-refractivity contribution in [2.45, 2.75) is 132 Å². The van der Waals surface area contributed by atoms with Gasteiger partial charge in [0, 0.05) is 25.3 Å². The lowest BCUT2D eigenvalue weighted by Gasteiger charge is -2.48. The van der Waals surface area contributed by atoms with E-state index < -0.39 is 24.5 Å². The number of aliphatic hydroxyl groups excluding tert-OH is 2. The molecule has 8 atom stereocenters. The zero-order chi connectivity index (χ0) is 29.6. The molecular formula is C32H52N8O3. The molecule has 11 heteroatoms. The van der Waals surface area contributed by atoms with E-state index in [0.29, 0.717) is 43.5 Å². The average Bonchev–Trinajstić information content (AvgIpc) is 3.68. The van der Waals surface area contributed by atoms with Gasteiger partial charge in [0.25, 0.3) is 0 Å². The maximum Gasteiger partial charge on any atom is 0.142 e. The molecule has 4 saturated heterocycles. The number of ether oxygens (including phenoxy) is 1. The number of fused-ring (bicyclic) bond motifs is 6. The summed E-state index contributed by atoms with van der Waals surface area (Å²) in [5.74, 6) is 0.747. The van der Waals surface area contributed by atoms with Crippen molar-refractivity contribution < 1.29 is 14.9 Å². The predicted molar refractivity (Wildman–Crippen MR) is 166 cm³/mol. The highest BCUT2D eigenvalue weighted by Gasteiger charge is 2.53. The fraction of sp³-hybridized carbons (Fsp3) is 0.812. The third-order valence-corrected chi connectivity index (χ3v) is 12.2. The molecular weight excluding hydrogens is 544 g/mol. The van der Waals surface area contributed by atoms with Crippen LogP contribution in [0.15, 0.2) is 18.2 Å². The van der Waals surface area contributed by atoms with Crippen molar-refractivity contribution in [1.82, 2.24) is 25.8 Å². The summed E-state index contributed by atoms with van der Waals surface area (Å²) in [5, 5.41) is 32.2. The summed E-state index contributed by atoms with van der Waals surface area (Å²) in [6.45, 7) is 9.75. The van der Waals surface area contributed by atoms with E-state index in [1.54, 1.807) is 0 Å². The van der Waals surface area contributed by atoms with Crippen LogP contribution in [0.4, 0.5) is 11.4 Å². The topological polar surface area (TPSA) is 125 Å². The third kappa shape index (κ3) is 4.65. The fourth-order valence-corrected chi connectivity index (χ4v) is 9.16. The molecule has 2 bridgehead atoms. The molecule has 8 rings (SSSR count). The van der Waals surface area contributed by atoms with Crippen LogP contribution in [0, 0.1) is 5.92 Å². The van der Waals surface area contributed by atoms with Gasteiger partial charge in [0.2, 0.25) is 0 Å². The molecule has 2 saturated carbocycles. The Bertz CT molecular complexity index is 1190. The molecule has 0 spiro atoms. The first-order chi connectivity index (χ1) is 20.7. The summed E-state index contributed by atoms with van der Waals surface area (Å²) in [4.78, 5) is 9.81. The first-order valence-corrected chi connectivity index (χ1v) is 16.9. The highest BCUT2D eigenvalue weighted by Crippen LogP contribution is 2.52. The monoisotopic (exact) mass is 596 g/mol. The number of aliphatic hydroxyl groups is 2. The van der Waals surface area contributed by atoms with Crippen LogP contribution in [0.2, 0.25) is 0 Å². The van der Waals surface area contributed by atoms with Crippen LogP contribution in [0.1, 0.15) is 71.3 Å². The quantitative estimate of drug-likeness (QED) is 0.242. The summed E-state index contributed by atoms with van der Waals surface area (Å²) < 4.78 is 6.41. The smallest absolute Gasteiger partial charge is 0.142 e. The van der Waals surface area contributed by atoms with E-state index in [-0.39, 0.29) is 18.4 Å². The summed E-state index contributed by atoms with van der Waals surface area (Å²) in [7, 11) is 0. The maximum absolute atomic E-state index is 11.1. The van der Waals surface area contributed by atoms with Gasteiger partial charge in [0.15, 0.2) is 0 Å². The molecule has 7 aliphatic rings. The molecule has 6 fully saturated rings. The zero-order valence-corrected chi connectivity index (χ0v) is 26.0. The Hall–Kier alpha value is -1.54. The van der Waals surface area contributed by atoms with Crippen molar-refractivity contribution in [3.05, 3.63) is 23.8 Å². The first kappa shape index (κ1) is 28.9. The third-order valence-electron chi connectivity index (χ3n) is 12.2. The minimum atomic E-state index is -0.957. The van der Waals surface area contributed by atoms with Crippen LogP contribution in [-0.4, -0.2) is 108 Å². The molecule has 1 aromatic rings. The minimum Gasteiger partial charge on any atom is -0.387 e. The van der Waals surface area contributed by atoms with Gasteiger partial charge >= 0.3 is 0 Å². The predicted octanol–water partition coefficient (Wildman–Crippen LogP) is 0.760. The summed E-state index contributed by atoms with van der Waals surface area (Å²) in [6, 6.07) is 8.13. The number of hydrogen-bond donors (Lipinski definition) is 6. The molecule has 0 aromatic heterocycles. The van der Waals surface area contributed by atoms with Gasteiger partial charge in [-0.1, -0.05) is 19.4 Å². The summed E-state index contributed by atoms with van der Waals surface area (Å²) >= 11 is 0. The van der Waals surface area contributed by atoms with E-state index in [1.807, 2.05) is 0 Å². The molecule has 43 heavy (non-hydrogen) atoms. The van der Waals surface area contributed by atoms with Crippen LogP contribution >= 0.6 is 0 Å². The highest BCUT2D eigenvalue weighted by molar-refractivity contribution is 5.84. The highest BCUT2D eigenvalue weighted by atomic mass is 16.6. The zero-order valence-electron chi connectivity index (χ0n) is 26.0. The Kier molecular flexibility index (Phi) is 7.24. The van der Waals surface area contributed by atoms with E-state index in [1.165, 1.54) is 61.9 Å². The van der Waals surface area contributed by atoms with Gasteiger partial charge in [-0.25, -0.2) is 4.90 Å². The molecule has 7 N–H and O–H groups in total. The number of nitrogens with two attached hydrogens (primary N) is 1. The molecule has 11 nitrogen and oxygen atoms in total. The van der Waals surface area contributed by atoms with Gasteiger partial charge in [-0.15, -0.1) is 0 Å². The lowest BCUT2D eigenvalue weighted by atomic mass is 9.66. The molecule has 5 heterocycles. The van der Waals surface area contributed by atoms with Gasteiger partial charge < -0.3 is 30.5 Å². The number of benzene rings is 1. The Morgan fingerprint density at radius 3 is 2.60 bits per heavy atom. The Morgan fingerprint density at radius 1 is 1.07 bits per heavy atom. The largest absolute Gasteiger partial charge is 0.387 e. The van der Waals surface area contributed by atoms with E-state index >= 15 is 0 Å². The van der Waals surface area contributed by atoms with Gasteiger partial charge in [-0.05, 0) is 81.4 Å². The van der Waals surface area contributed by atoms with Crippen LogP contribution in [-0.2, 0) is 10.2 Å². The lowest BCUT2D eigenvalue weighted by molar-refractivity contribution is -0.112. The molecule has 0 radical (unpaired) electrons. The van der Waals surface area contributed by atoms with Crippen LogP contribution < -0.4 is 31.5 Å². The maximum atomic E-state index is 11.1. The number of hydrogen-bond acceptors (Lipinski definition) is 11. The number of anilines is 2. The number of nitrogens with one attached hydrogen (secondary N) is 3. The molecule has 2 aliphatic carbocycles. The van der Waals surface area contributed by atoms with Gasteiger partial charge in [-0.3, -0.25) is 20.9 Å². The van der Waals surface area contributed by atoms with E-state index in [2.05, 4.69) is 74.5 Å². The normalized spacial score (nSPS) is 41.3. The van der Waals surface area contributed by atoms with Crippen molar-refractivity contribution in [2.75, 3.05) is 36.4 Å². The van der Waals surface area contributed by atoms with Crippen LogP contribution in [0.25, 0.3) is 0 Å². The van der Waals surface area contributed by atoms with E-state index in [4.69, 9.17) is 10.5 Å². The molecule has 5 aliphatic heterocycles. The Morgan fingerprint density at radius 2 is 1.86 bits per heavy atom. The molecule has 1 aromatic carbocycles. The summed E-state index contributed by atoms with van der Waals surface area (Å²) in [5.41, 5.74) is 11.1. The molecule has 0 amide bonds.